The fourth-order valence-corrected chi connectivity index (χ4v) is 7.08. The Morgan fingerprint density at radius 3 is 1.69 bits per heavy atom. The second kappa shape index (κ2) is 10.9. The Kier molecular flexibility index (Phi) is 7.72. The van der Waals surface area contributed by atoms with Gasteiger partial charge in [0.25, 0.3) is 0 Å². The fourth-order valence-electron chi connectivity index (χ4n) is 7.08. The number of aryl methyl sites for hydroxylation is 4. The number of fused-ring (bicyclic) bond motifs is 1. The lowest BCUT2D eigenvalue weighted by Crippen LogP contribution is -2.64. The predicted molar refractivity (Wildman–Crippen MR) is 161 cm³/mol. The Morgan fingerprint density at radius 2 is 1.21 bits per heavy atom. The van der Waals surface area contributed by atoms with E-state index in [1.807, 2.05) is 11.9 Å². The van der Waals surface area contributed by atoms with Crippen LogP contribution in [0.3, 0.4) is 0 Å². The number of amides is 1. The van der Waals surface area contributed by atoms with E-state index in [0.29, 0.717) is 6.04 Å². The van der Waals surface area contributed by atoms with Crippen molar-refractivity contribution in [1.82, 2.24) is 14.7 Å². The molecular formula is C35H45N3O. The number of nitrogens with zero attached hydrogens (tertiary/aromatic N) is 3. The first kappa shape index (κ1) is 27.6. The van der Waals surface area contributed by atoms with Gasteiger partial charge in [0.05, 0.1) is 6.04 Å². The van der Waals surface area contributed by atoms with Crippen LogP contribution in [0.15, 0.2) is 60.7 Å². The van der Waals surface area contributed by atoms with E-state index in [9.17, 15) is 4.79 Å². The summed E-state index contributed by atoms with van der Waals surface area (Å²) in [7, 11) is 2.01. The third kappa shape index (κ3) is 5.42. The number of carbonyl (C=O) groups is 1. The first-order chi connectivity index (χ1) is 18.6. The molecule has 0 bridgehead atoms. The van der Waals surface area contributed by atoms with Crippen LogP contribution < -0.4 is 0 Å². The summed E-state index contributed by atoms with van der Waals surface area (Å²) in [5.41, 5.74) is 9.86. The van der Waals surface area contributed by atoms with Crippen LogP contribution in [0.2, 0.25) is 0 Å². The third-order valence-corrected chi connectivity index (χ3v) is 9.30. The molecule has 3 aromatic rings. The van der Waals surface area contributed by atoms with Crippen molar-refractivity contribution in [2.45, 2.75) is 72.0 Å². The monoisotopic (exact) mass is 523 g/mol. The maximum absolute atomic E-state index is 14.6. The average molecular weight is 524 g/mol. The Bertz CT molecular complexity index is 1290. The second-order valence-corrected chi connectivity index (χ2v) is 12.3. The molecule has 1 heterocycles. The molecule has 1 aliphatic carbocycles. The van der Waals surface area contributed by atoms with Crippen molar-refractivity contribution in [3.63, 3.8) is 0 Å². The Balaban J connectivity index is 1.39. The molecule has 1 saturated heterocycles. The van der Waals surface area contributed by atoms with E-state index >= 15 is 0 Å². The van der Waals surface area contributed by atoms with Gasteiger partial charge in [0.1, 0.15) is 5.54 Å². The minimum atomic E-state index is -0.527. The summed E-state index contributed by atoms with van der Waals surface area (Å²) in [6.45, 7) is 16.9. The smallest absolute Gasteiger partial charge is 0.244 e. The van der Waals surface area contributed by atoms with E-state index < -0.39 is 5.54 Å². The Hall–Kier alpha value is -2.95. The van der Waals surface area contributed by atoms with Gasteiger partial charge in [-0.1, -0.05) is 82.9 Å². The van der Waals surface area contributed by atoms with Crippen LogP contribution in [0, 0.1) is 27.7 Å². The highest BCUT2D eigenvalue weighted by molar-refractivity contribution is 5.88. The molecule has 4 nitrogen and oxygen atoms in total. The molecule has 2 atom stereocenters. The largest absolute Gasteiger partial charge is 0.337 e. The highest BCUT2D eigenvalue weighted by Crippen LogP contribution is 2.39. The number of hydrogen-bond acceptors (Lipinski definition) is 3. The number of benzene rings is 3. The van der Waals surface area contributed by atoms with E-state index in [1.165, 1.54) is 44.5 Å². The van der Waals surface area contributed by atoms with Crippen molar-refractivity contribution in [3.05, 3.63) is 105 Å². The van der Waals surface area contributed by atoms with Crippen molar-refractivity contribution in [3.8, 4) is 0 Å². The predicted octanol–water partition coefficient (Wildman–Crippen LogP) is 6.36. The molecule has 39 heavy (non-hydrogen) atoms. The molecule has 0 saturated carbocycles. The van der Waals surface area contributed by atoms with Gasteiger partial charge in [-0.25, -0.2) is 0 Å². The molecular weight excluding hydrogens is 478 g/mol. The zero-order valence-corrected chi connectivity index (χ0v) is 24.9. The molecule has 0 N–H and O–H groups in total. The van der Waals surface area contributed by atoms with Crippen LogP contribution in [0.5, 0.6) is 0 Å². The Labute approximate surface area is 235 Å². The zero-order valence-electron chi connectivity index (χ0n) is 24.9. The van der Waals surface area contributed by atoms with E-state index in [2.05, 4.69) is 112 Å². The highest BCUT2D eigenvalue weighted by Gasteiger charge is 2.51. The lowest BCUT2D eigenvalue weighted by molar-refractivity contribution is -0.146. The molecule has 1 aliphatic heterocycles. The summed E-state index contributed by atoms with van der Waals surface area (Å²) in [5, 5.41) is 0. The average Bonchev–Trinajstić information content (AvgIpc) is 3.31. The molecule has 2 aliphatic rings. The van der Waals surface area contributed by atoms with Crippen LogP contribution >= 0.6 is 0 Å². The molecule has 206 valence electrons. The molecule has 4 heteroatoms. The van der Waals surface area contributed by atoms with Crippen molar-refractivity contribution in [2.24, 2.45) is 0 Å². The maximum atomic E-state index is 14.6. The van der Waals surface area contributed by atoms with Crippen molar-refractivity contribution < 1.29 is 4.79 Å². The van der Waals surface area contributed by atoms with Crippen LogP contribution in [-0.4, -0.2) is 59.4 Å². The quantitative estimate of drug-likeness (QED) is 0.376. The van der Waals surface area contributed by atoms with Crippen molar-refractivity contribution in [2.75, 3.05) is 33.2 Å². The van der Waals surface area contributed by atoms with Crippen LogP contribution in [-0.2, 0) is 17.6 Å². The molecule has 3 aromatic carbocycles. The van der Waals surface area contributed by atoms with Gasteiger partial charge < -0.3 is 4.90 Å². The number of piperazine rings is 1. The van der Waals surface area contributed by atoms with Gasteiger partial charge in [-0.3, -0.25) is 14.6 Å². The molecule has 0 radical (unpaired) electrons. The minimum Gasteiger partial charge on any atom is -0.337 e. The van der Waals surface area contributed by atoms with Gasteiger partial charge in [0.2, 0.25) is 5.91 Å². The number of likely N-dealkylation sites (N-methyl/N-ethyl adjacent to an activating group) is 1. The standard InChI is InChI=1S/C35H45N3O/c1-24-16-25(2)19-32(18-24)28(5)36(7)34(39)35(22-30-10-8-9-11-31(30)23-35)38-14-12-37(13-15-38)29(6)33-20-26(3)17-27(4)21-33/h8-11,16-21,28-29H,12-15,22-23H2,1-7H3/t28-,29-/m1/s1. The van der Waals surface area contributed by atoms with E-state index in [0.717, 1.165) is 39.0 Å². The van der Waals surface area contributed by atoms with Crippen LogP contribution in [0.25, 0.3) is 0 Å². The van der Waals surface area contributed by atoms with Crippen LogP contribution in [0.1, 0.15) is 70.4 Å². The zero-order chi connectivity index (χ0) is 27.9. The molecule has 1 fully saturated rings. The lowest BCUT2D eigenvalue weighted by Gasteiger charge is -2.48. The van der Waals surface area contributed by atoms with E-state index in [1.54, 1.807) is 0 Å². The van der Waals surface area contributed by atoms with Gasteiger partial charge in [-0.15, -0.1) is 0 Å². The SMILES string of the molecule is Cc1cc(C)cc([C@@H](C)N2CCN(C3(C(=O)N(C)[C@H](C)c4cc(C)cc(C)c4)Cc4ccccc4C3)CC2)c1. The molecule has 1 amide bonds. The minimum absolute atomic E-state index is 0.0163. The fraction of sp³-hybridized carbons (Fsp3) is 0.457. The van der Waals surface area contributed by atoms with E-state index in [4.69, 9.17) is 0 Å². The van der Waals surface area contributed by atoms with Crippen LogP contribution in [0.4, 0.5) is 0 Å². The third-order valence-electron chi connectivity index (χ3n) is 9.30. The number of hydrogen-bond donors (Lipinski definition) is 0. The molecule has 5 rings (SSSR count). The summed E-state index contributed by atoms with van der Waals surface area (Å²) in [6.07, 6.45) is 1.58. The number of carbonyl (C=O) groups excluding carboxylic acids is 1. The van der Waals surface area contributed by atoms with Gasteiger partial charge in [-0.2, -0.15) is 0 Å². The lowest BCUT2D eigenvalue weighted by atomic mass is 9.89. The van der Waals surface area contributed by atoms with Gasteiger partial charge in [-0.05, 0) is 63.8 Å². The molecule has 0 aromatic heterocycles. The highest BCUT2D eigenvalue weighted by atomic mass is 16.2. The summed E-state index contributed by atoms with van der Waals surface area (Å²) in [6, 6.07) is 22.6. The van der Waals surface area contributed by atoms with Crippen molar-refractivity contribution in [1.29, 1.82) is 0 Å². The second-order valence-electron chi connectivity index (χ2n) is 12.3. The molecule has 0 spiro atoms. The summed E-state index contributed by atoms with van der Waals surface area (Å²) in [5.74, 6) is 0.251. The van der Waals surface area contributed by atoms with Gasteiger partial charge in [0.15, 0.2) is 0 Å². The van der Waals surface area contributed by atoms with Gasteiger partial charge in [0, 0.05) is 52.1 Å². The first-order valence-corrected chi connectivity index (χ1v) is 14.6. The summed E-state index contributed by atoms with van der Waals surface area (Å²) >= 11 is 0. The maximum Gasteiger partial charge on any atom is 0.244 e. The Morgan fingerprint density at radius 1 is 0.744 bits per heavy atom. The van der Waals surface area contributed by atoms with Gasteiger partial charge >= 0.3 is 0 Å². The molecule has 0 unspecified atom stereocenters. The summed E-state index contributed by atoms with van der Waals surface area (Å²) < 4.78 is 0. The first-order valence-electron chi connectivity index (χ1n) is 14.6. The van der Waals surface area contributed by atoms with Crippen molar-refractivity contribution >= 4 is 5.91 Å². The topological polar surface area (TPSA) is 26.8 Å². The summed E-state index contributed by atoms with van der Waals surface area (Å²) in [4.78, 5) is 21.7. The van der Waals surface area contributed by atoms with E-state index in [-0.39, 0.29) is 11.9 Å². The number of rotatable bonds is 6. The normalized spacial score (nSPS) is 18.9.